The minimum Gasteiger partial charge on any atom is -0.462 e. The van der Waals surface area contributed by atoms with Crippen LogP contribution in [-0.2, 0) is 28.6 Å². The molecule has 0 N–H and O–H groups in total. The summed E-state index contributed by atoms with van der Waals surface area (Å²) in [5.74, 6) is -0.0960. The molecule has 0 aromatic carbocycles. The first-order chi connectivity index (χ1) is 25.4. The van der Waals surface area contributed by atoms with Crippen LogP contribution >= 0.6 is 0 Å². The second kappa shape index (κ2) is 40.6. The van der Waals surface area contributed by atoms with Gasteiger partial charge in [0.2, 0.25) is 0 Å². The quantitative estimate of drug-likeness (QED) is 0.0353. The fourth-order valence-electron chi connectivity index (χ4n) is 6.80. The lowest BCUT2D eigenvalue weighted by molar-refractivity contribution is -0.167. The van der Waals surface area contributed by atoms with Gasteiger partial charge in [0, 0.05) is 19.3 Å². The summed E-state index contributed by atoms with van der Waals surface area (Å²) < 4.78 is 16.7. The summed E-state index contributed by atoms with van der Waals surface area (Å²) in [6.07, 6.45) is 39.5. The molecule has 0 aliphatic heterocycles. The zero-order chi connectivity index (χ0) is 38.2. The molecule has 0 amide bonds. The zero-order valence-electron chi connectivity index (χ0n) is 35.3. The highest BCUT2D eigenvalue weighted by molar-refractivity contribution is 5.71. The second-order valence-electron chi connectivity index (χ2n) is 16.2. The van der Waals surface area contributed by atoms with Crippen molar-refractivity contribution in [1.82, 2.24) is 0 Å². The van der Waals surface area contributed by atoms with Crippen molar-refractivity contribution in [3.05, 3.63) is 0 Å². The fraction of sp³-hybridized carbons (Fsp3) is 0.935. The minimum atomic E-state index is -0.759. The minimum absolute atomic E-state index is 0.0645. The molecule has 0 rings (SSSR count). The van der Waals surface area contributed by atoms with E-state index in [0.29, 0.717) is 19.3 Å². The highest BCUT2D eigenvalue weighted by Crippen LogP contribution is 2.16. The third-order valence-electron chi connectivity index (χ3n) is 10.3. The monoisotopic (exact) mass is 737 g/mol. The van der Waals surface area contributed by atoms with Crippen molar-refractivity contribution < 1.29 is 28.6 Å². The van der Waals surface area contributed by atoms with Gasteiger partial charge in [-0.3, -0.25) is 14.4 Å². The summed E-state index contributed by atoms with van der Waals surface area (Å²) in [6, 6.07) is 0. The predicted octanol–water partition coefficient (Wildman–Crippen LogP) is 14.3. The Kier molecular flexibility index (Phi) is 39.4. The average Bonchev–Trinajstić information content (AvgIpc) is 3.12. The second-order valence-corrected chi connectivity index (χ2v) is 16.2. The molecule has 0 aliphatic carbocycles. The van der Waals surface area contributed by atoms with E-state index in [0.717, 1.165) is 63.7 Å². The van der Waals surface area contributed by atoms with Gasteiger partial charge in [0.25, 0.3) is 0 Å². The van der Waals surface area contributed by atoms with Crippen molar-refractivity contribution in [2.45, 2.75) is 259 Å². The van der Waals surface area contributed by atoms with E-state index in [1.54, 1.807) is 0 Å². The largest absolute Gasteiger partial charge is 0.462 e. The van der Waals surface area contributed by atoms with Crippen LogP contribution in [0.15, 0.2) is 0 Å². The molecule has 0 radical (unpaired) electrons. The van der Waals surface area contributed by atoms with E-state index in [-0.39, 0.29) is 31.1 Å². The maximum atomic E-state index is 12.7. The first kappa shape index (κ1) is 50.4. The molecular formula is C46H88O6. The van der Waals surface area contributed by atoms with E-state index < -0.39 is 6.10 Å². The van der Waals surface area contributed by atoms with Gasteiger partial charge >= 0.3 is 17.9 Å². The van der Waals surface area contributed by atoms with Crippen LogP contribution in [-0.4, -0.2) is 37.2 Å². The Bertz CT molecular complexity index is 781. The highest BCUT2D eigenvalue weighted by atomic mass is 16.6. The van der Waals surface area contributed by atoms with Gasteiger partial charge in [-0.1, -0.05) is 214 Å². The number of carbonyl (C=O) groups excluding carboxylic acids is 3. The van der Waals surface area contributed by atoms with Crippen molar-refractivity contribution in [1.29, 1.82) is 0 Å². The van der Waals surface area contributed by atoms with Crippen LogP contribution in [0.4, 0.5) is 0 Å². The van der Waals surface area contributed by atoms with Crippen LogP contribution in [0.1, 0.15) is 252 Å². The summed E-state index contributed by atoms with van der Waals surface area (Å²) >= 11 is 0. The fourth-order valence-corrected chi connectivity index (χ4v) is 6.80. The van der Waals surface area contributed by atoms with Gasteiger partial charge in [0.15, 0.2) is 6.10 Å². The van der Waals surface area contributed by atoms with Gasteiger partial charge in [-0.15, -0.1) is 0 Å². The van der Waals surface area contributed by atoms with Gasteiger partial charge in [0.05, 0.1) is 0 Å². The first-order valence-corrected chi connectivity index (χ1v) is 22.9. The van der Waals surface area contributed by atoms with Gasteiger partial charge < -0.3 is 14.2 Å². The van der Waals surface area contributed by atoms with Crippen molar-refractivity contribution in [3.63, 3.8) is 0 Å². The summed E-state index contributed by atoms with van der Waals surface area (Å²) in [5, 5.41) is 0. The van der Waals surface area contributed by atoms with E-state index >= 15 is 0 Å². The Hall–Kier alpha value is -1.59. The van der Waals surface area contributed by atoms with Gasteiger partial charge in [0.1, 0.15) is 13.2 Å². The molecule has 6 nitrogen and oxygen atoms in total. The van der Waals surface area contributed by atoms with Crippen LogP contribution in [0, 0.1) is 5.92 Å². The van der Waals surface area contributed by atoms with Crippen molar-refractivity contribution in [2.75, 3.05) is 13.2 Å². The predicted molar refractivity (Wildman–Crippen MR) is 220 cm³/mol. The lowest BCUT2D eigenvalue weighted by Gasteiger charge is -2.18. The van der Waals surface area contributed by atoms with Crippen LogP contribution in [0.25, 0.3) is 0 Å². The van der Waals surface area contributed by atoms with Crippen molar-refractivity contribution in [3.8, 4) is 0 Å². The van der Waals surface area contributed by atoms with E-state index in [1.807, 2.05) is 0 Å². The number of hydrogen-bond donors (Lipinski definition) is 0. The number of unbranched alkanes of at least 4 members (excludes halogenated alkanes) is 28. The first-order valence-electron chi connectivity index (χ1n) is 22.9. The molecule has 0 aromatic heterocycles. The van der Waals surface area contributed by atoms with Crippen LogP contribution < -0.4 is 0 Å². The third-order valence-corrected chi connectivity index (χ3v) is 10.3. The number of ether oxygens (including phenoxy) is 3. The maximum Gasteiger partial charge on any atom is 0.306 e. The molecule has 0 fully saturated rings. The van der Waals surface area contributed by atoms with E-state index in [4.69, 9.17) is 14.2 Å². The molecule has 0 spiro atoms. The average molecular weight is 737 g/mol. The Morgan fingerprint density at radius 2 is 0.635 bits per heavy atom. The summed E-state index contributed by atoms with van der Waals surface area (Å²) in [4.78, 5) is 37.6. The summed E-state index contributed by atoms with van der Waals surface area (Å²) in [5.41, 5.74) is 0. The van der Waals surface area contributed by atoms with E-state index in [1.165, 1.54) is 148 Å². The highest BCUT2D eigenvalue weighted by Gasteiger charge is 2.19. The molecule has 0 saturated heterocycles. The molecule has 52 heavy (non-hydrogen) atoms. The van der Waals surface area contributed by atoms with Crippen LogP contribution in [0.2, 0.25) is 0 Å². The standard InChI is InChI=1S/C46H88O6/c1-5-7-9-11-13-15-17-18-19-20-21-23-24-29-33-37-44(47)50-40-43(41-51-45(48)38-34-30-27-26-28-32-36-42(3)4)52-46(49)39-35-31-25-22-16-14-12-10-8-6-2/h42-43H,5-41H2,1-4H3/t43-/m0/s1. The lowest BCUT2D eigenvalue weighted by Crippen LogP contribution is -2.30. The van der Waals surface area contributed by atoms with Gasteiger partial charge in [-0.05, 0) is 25.2 Å². The van der Waals surface area contributed by atoms with Crippen molar-refractivity contribution >= 4 is 17.9 Å². The van der Waals surface area contributed by atoms with E-state index in [9.17, 15) is 14.4 Å². The Balaban J connectivity index is 4.27. The van der Waals surface area contributed by atoms with Gasteiger partial charge in [-0.2, -0.15) is 0 Å². The van der Waals surface area contributed by atoms with Crippen LogP contribution in [0.5, 0.6) is 0 Å². The molecule has 0 unspecified atom stereocenters. The van der Waals surface area contributed by atoms with Gasteiger partial charge in [-0.25, -0.2) is 0 Å². The molecule has 0 aliphatic rings. The lowest BCUT2D eigenvalue weighted by atomic mass is 10.0. The number of esters is 3. The van der Waals surface area contributed by atoms with E-state index in [2.05, 4.69) is 27.7 Å². The zero-order valence-corrected chi connectivity index (χ0v) is 35.3. The third kappa shape index (κ3) is 39.6. The maximum absolute atomic E-state index is 12.7. The molecule has 0 aromatic rings. The Labute approximate surface area is 323 Å². The molecule has 0 heterocycles. The topological polar surface area (TPSA) is 78.9 Å². The molecule has 0 saturated carbocycles. The van der Waals surface area contributed by atoms with Crippen molar-refractivity contribution in [2.24, 2.45) is 5.92 Å². The SMILES string of the molecule is CCCCCCCCCCCCCCCCCC(=O)OC[C@@H](COC(=O)CCCCCCCCC(C)C)OC(=O)CCCCCCCCCCCC. The Morgan fingerprint density at radius 3 is 0.942 bits per heavy atom. The summed E-state index contributed by atoms with van der Waals surface area (Å²) in [6.45, 7) is 8.92. The Morgan fingerprint density at radius 1 is 0.365 bits per heavy atom. The summed E-state index contributed by atoms with van der Waals surface area (Å²) in [7, 11) is 0. The molecule has 1 atom stereocenters. The number of hydrogen-bond acceptors (Lipinski definition) is 6. The van der Waals surface area contributed by atoms with Crippen LogP contribution in [0.3, 0.4) is 0 Å². The molecular weight excluding hydrogens is 648 g/mol. The normalized spacial score (nSPS) is 11.9. The number of rotatable bonds is 41. The molecule has 308 valence electrons. The molecule has 0 bridgehead atoms. The molecule has 6 heteroatoms. The smallest absolute Gasteiger partial charge is 0.306 e. The number of carbonyl (C=O) groups is 3.